The Morgan fingerprint density at radius 2 is 1.92 bits per heavy atom. The third kappa shape index (κ3) is 2.51. The first-order chi connectivity index (χ1) is 11.4. The van der Waals surface area contributed by atoms with E-state index in [1.165, 1.54) is 25.4 Å². The third-order valence-corrected chi connectivity index (χ3v) is 5.86. The number of carbonyl (C=O) groups is 1. The highest BCUT2D eigenvalue weighted by Gasteiger charge is 2.29. The topological polar surface area (TPSA) is 78.3 Å². The highest BCUT2D eigenvalue weighted by molar-refractivity contribution is 9.10. The third-order valence-electron chi connectivity index (χ3n) is 3.63. The number of hydrogen-bond donors (Lipinski definition) is 0. The maximum absolute atomic E-state index is 13.0. The molecule has 0 saturated carbocycles. The molecule has 0 radical (unpaired) electrons. The Morgan fingerprint density at radius 1 is 1.25 bits per heavy atom. The van der Waals surface area contributed by atoms with Gasteiger partial charge in [0.05, 0.1) is 17.6 Å². The first kappa shape index (κ1) is 16.7. The number of carbonyl (C=O) groups excluding carboxylic acids is 1. The summed E-state index contributed by atoms with van der Waals surface area (Å²) in [5.41, 5.74) is 0.618. The Labute approximate surface area is 147 Å². The minimum absolute atomic E-state index is 0.117. The number of hydrogen-bond acceptors (Lipinski definition) is 5. The van der Waals surface area contributed by atoms with E-state index in [2.05, 4.69) is 20.9 Å². The normalized spacial score (nSPS) is 11.6. The van der Waals surface area contributed by atoms with Gasteiger partial charge in [0.15, 0.2) is 5.65 Å². The summed E-state index contributed by atoms with van der Waals surface area (Å²) in [6.07, 6.45) is 1.49. The molecule has 0 aliphatic carbocycles. The molecule has 2 heterocycles. The molecule has 0 unspecified atom stereocenters. The number of methoxy groups -OCH3 is 1. The van der Waals surface area contributed by atoms with Crippen LogP contribution in [0.5, 0.6) is 0 Å². The summed E-state index contributed by atoms with van der Waals surface area (Å²) in [6, 6.07) is 9.65. The quantitative estimate of drug-likeness (QED) is 0.622. The van der Waals surface area contributed by atoms with Gasteiger partial charge in [0.25, 0.3) is 10.0 Å². The Morgan fingerprint density at radius 3 is 2.54 bits per heavy atom. The molecule has 124 valence electrons. The standard InChI is InChI=1S/C16H13BrN2O4S/c1-10-14(16(20)23-2)13-8-11(17)9-18-15(13)19(10)24(21,22)12-6-4-3-5-7-12/h3-9H,1-2H3. The number of aromatic nitrogens is 2. The second-order valence-electron chi connectivity index (χ2n) is 5.06. The van der Waals surface area contributed by atoms with Crippen LogP contribution < -0.4 is 0 Å². The number of pyridine rings is 1. The molecule has 3 aromatic rings. The zero-order valence-electron chi connectivity index (χ0n) is 12.9. The van der Waals surface area contributed by atoms with Gasteiger partial charge in [-0.2, -0.15) is 0 Å². The molecule has 0 atom stereocenters. The van der Waals surface area contributed by atoms with Crippen molar-refractivity contribution in [3.63, 3.8) is 0 Å². The van der Waals surface area contributed by atoms with E-state index in [4.69, 9.17) is 4.74 Å². The Balaban J connectivity index is 2.42. The molecule has 8 heteroatoms. The second-order valence-corrected chi connectivity index (χ2v) is 7.76. The summed E-state index contributed by atoms with van der Waals surface area (Å²) >= 11 is 3.29. The fourth-order valence-electron chi connectivity index (χ4n) is 2.58. The molecule has 0 spiro atoms. The van der Waals surface area contributed by atoms with E-state index < -0.39 is 16.0 Å². The summed E-state index contributed by atoms with van der Waals surface area (Å²) in [5.74, 6) is -0.612. The lowest BCUT2D eigenvalue weighted by Crippen LogP contribution is -2.15. The van der Waals surface area contributed by atoms with Gasteiger partial charge in [-0.25, -0.2) is 22.2 Å². The van der Waals surface area contributed by atoms with Gasteiger partial charge < -0.3 is 4.74 Å². The van der Waals surface area contributed by atoms with Gasteiger partial charge in [-0.3, -0.25) is 0 Å². The van der Waals surface area contributed by atoms with Crippen molar-refractivity contribution in [1.29, 1.82) is 0 Å². The number of ether oxygens (including phenoxy) is 1. The summed E-state index contributed by atoms with van der Waals surface area (Å²) in [4.78, 5) is 16.5. The molecule has 0 bridgehead atoms. The van der Waals surface area contributed by atoms with Gasteiger partial charge in [0, 0.05) is 21.7 Å². The van der Waals surface area contributed by atoms with Crippen LogP contribution in [0.25, 0.3) is 11.0 Å². The van der Waals surface area contributed by atoms with E-state index >= 15 is 0 Å². The first-order valence-corrected chi connectivity index (χ1v) is 9.16. The van der Waals surface area contributed by atoms with Crippen LogP contribution in [0.15, 0.2) is 52.0 Å². The van der Waals surface area contributed by atoms with Crippen molar-refractivity contribution in [2.75, 3.05) is 7.11 Å². The minimum Gasteiger partial charge on any atom is -0.465 e. The van der Waals surface area contributed by atoms with Gasteiger partial charge in [-0.1, -0.05) is 18.2 Å². The number of benzene rings is 1. The van der Waals surface area contributed by atoms with E-state index in [9.17, 15) is 13.2 Å². The summed E-state index contributed by atoms with van der Waals surface area (Å²) < 4.78 is 32.6. The SMILES string of the molecule is COC(=O)c1c(C)n(S(=O)(=O)c2ccccc2)c2ncc(Br)cc12. The fourth-order valence-corrected chi connectivity index (χ4v) is 4.45. The van der Waals surface area contributed by atoms with Gasteiger partial charge in [0.1, 0.15) is 0 Å². The van der Waals surface area contributed by atoms with Crippen LogP contribution in [-0.2, 0) is 14.8 Å². The molecule has 0 fully saturated rings. The zero-order chi connectivity index (χ0) is 17.5. The van der Waals surface area contributed by atoms with Gasteiger partial charge in [0.2, 0.25) is 0 Å². The molecular weight excluding hydrogens is 396 g/mol. The summed E-state index contributed by atoms with van der Waals surface area (Å²) in [6.45, 7) is 1.56. The van der Waals surface area contributed by atoms with Crippen LogP contribution in [-0.4, -0.2) is 30.5 Å². The van der Waals surface area contributed by atoms with E-state index in [1.54, 1.807) is 31.2 Å². The van der Waals surface area contributed by atoms with Crippen LogP contribution in [0, 0.1) is 6.92 Å². The summed E-state index contributed by atoms with van der Waals surface area (Å²) in [5, 5.41) is 0.410. The fraction of sp³-hybridized carbons (Fsp3) is 0.125. The Hall–Kier alpha value is -2.19. The Bertz CT molecular complexity index is 1040. The predicted octanol–water partition coefficient (Wildman–Crippen LogP) is 3.13. The molecule has 3 rings (SSSR count). The molecule has 1 aromatic carbocycles. The van der Waals surface area contributed by atoms with Crippen molar-refractivity contribution in [2.24, 2.45) is 0 Å². The van der Waals surface area contributed by atoms with E-state index in [1.807, 2.05) is 0 Å². The highest BCUT2D eigenvalue weighted by atomic mass is 79.9. The van der Waals surface area contributed by atoms with E-state index in [0.29, 0.717) is 9.86 Å². The van der Waals surface area contributed by atoms with Crippen molar-refractivity contribution in [1.82, 2.24) is 8.96 Å². The van der Waals surface area contributed by atoms with Crippen molar-refractivity contribution in [3.05, 3.63) is 58.3 Å². The van der Waals surface area contributed by atoms with E-state index in [0.717, 1.165) is 3.97 Å². The second kappa shape index (κ2) is 6.03. The molecule has 0 saturated heterocycles. The van der Waals surface area contributed by atoms with E-state index in [-0.39, 0.29) is 21.8 Å². The molecule has 0 aliphatic rings. The number of nitrogens with zero attached hydrogens (tertiary/aromatic N) is 2. The maximum atomic E-state index is 13.0. The summed E-state index contributed by atoms with van der Waals surface area (Å²) in [7, 11) is -2.65. The lowest BCUT2D eigenvalue weighted by atomic mass is 10.2. The van der Waals surface area contributed by atoms with Crippen molar-refractivity contribution < 1.29 is 17.9 Å². The average molecular weight is 409 g/mol. The predicted molar refractivity (Wildman–Crippen MR) is 92.5 cm³/mol. The van der Waals surface area contributed by atoms with Crippen LogP contribution >= 0.6 is 15.9 Å². The number of halogens is 1. The molecule has 2 aromatic heterocycles. The largest absolute Gasteiger partial charge is 0.465 e. The van der Waals surface area contributed by atoms with Crippen molar-refractivity contribution in [2.45, 2.75) is 11.8 Å². The number of esters is 1. The number of fused-ring (bicyclic) bond motifs is 1. The average Bonchev–Trinajstić information content (AvgIpc) is 2.86. The van der Waals surface area contributed by atoms with Crippen LogP contribution in [0.2, 0.25) is 0 Å². The van der Waals surface area contributed by atoms with Gasteiger partial charge in [-0.15, -0.1) is 0 Å². The molecule has 0 amide bonds. The maximum Gasteiger partial charge on any atom is 0.340 e. The van der Waals surface area contributed by atoms with Crippen LogP contribution in [0.4, 0.5) is 0 Å². The molecule has 24 heavy (non-hydrogen) atoms. The molecule has 0 N–H and O–H groups in total. The zero-order valence-corrected chi connectivity index (χ0v) is 15.3. The Kier molecular flexibility index (Phi) is 4.18. The minimum atomic E-state index is -3.90. The first-order valence-electron chi connectivity index (χ1n) is 6.93. The van der Waals surface area contributed by atoms with Gasteiger partial charge in [-0.05, 0) is 41.1 Å². The van der Waals surface area contributed by atoms with Crippen LogP contribution in [0.1, 0.15) is 16.1 Å². The van der Waals surface area contributed by atoms with Crippen LogP contribution in [0.3, 0.4) is 0 Å². The lowest BCUT2D eigenvalue weighted by Gasteiger charge is -2.09. The smallest absolute Gasteiger partial charge is 0.340 e. The molecular formula is C16H13BrN2O4S. The van der Waals surface area contributed by atoms with Crippen molar-refractivity contribution >= 4 is 43.0 Å². The van der Waals surface area contributed by atoms with Crippen molar-refractivity contribution in [3.8, 4) is 0 Å². The monoisotopic (exact) mass is 408 g/mol. The lowest BCUT2D eigenvalue weighted by molar-refractivity contribution is 0.0602. The highest BCUT2D eigenvalue weighted by Crippen LogP contribution is 2.30. The molecule has 0 aliphatic heterocycles. The van der Waals surface area contributed by atoms with Gasteiger partial charge >= 0.3 is 5.97 Å². The molecule has 6 nitrogen and oxygen atoms in total. The number of rotatable bonds is 3.